The Morgan fingerprint density at radius 2 is 1.76 bits per heavy atom. The van der Waals surface area contributed by atoms with Crippen LogP contribution in [0.2, 0.25) is 5.02 Å². The number of halogens is 2. The molecule has 12 heteroatoms. The first-order valence-electron chi connectivity index (χ1n) is 16.0. The molecule has 2 heterocycles. The number of amides is 4. The molecule has 10 nitrogen and oxygen atoms in total. The second-order valence-corrected chi connectivity index (χ2v) is 14.3. The summed E-state index contributed by atoms with van der Waals surface area (Å²) in [5.74, 6) is -6.44. The molecule has 3 fully saturated rings. The van der Waals surface area contributed by atoms with Crippen molar-refractivity contribution >= 4 is 62.8 Å². The smallest absolute Gasteiger partial charge is 0.303 e. The van der Waals surface area contributed by atoms with E-state index in [1.54, 1.807) is 36.4 Å². The Hall–Kier alpha value is -4.48. The fraction of sp³-hybridized carbons (Fsp3) is 0.324. The third-order valence-corrected chi connectivity index (χ3v) is 11.5. The number of aromatic hydroxyl groups is 1. The van der Waals surface area contributed by atoms with Crippen LogP contribution in [0.3, 0.4) is 0 Å². The normalized spacial score (nSPS) is 27.5. The van der Waals surface area contributed by atoms with Crippen molar-refractivity contribution in [1.82, 2.24) is 4.90 Å². The van der Waals surface area contributed by atoms with E-state index in [2.05, 4.69) is 15.9 Å². The summed E-state index contributed by atoms with van der Waals surface area (Å²) in [6.45, 7) is -0.0120. The second-order valence-electron chi connectivity index (χ2n) is 13.0. The first kappa shape index (κ1) is 33.0. The molecule has 0 spiro atoms. The lowest BCUT2D eigenvalue weighted by atomic mass is 9.49. The number of hydrogen-bond donors (Lipinski definition) is 2. The zero-order valence-electron chi connectivity index (χ0n) is 26.3. The zero-order chi connectivity index (χ0) is 34.8. The minimum Gasteiger partial charge on any atom is -0.503 e. The van der Waals surface area contributed by atoms with Crippen LogP contribution in [0.15, 0.2) is 82.9 Å². The number of phenols is 1. The molecule has 4 amide bonds. The van der Waals surface area contributed by atoms with Gasteiger partial charge >= 0.3 is 5.97 Å². The number of carboxylic acid groups (broad SMARTS) is 1. The summed E-state index contributed by atoms with van der Waals surface area (Å²) in [5.41, 5.74) is 0.783. The molecule has 6 atom stereocenters. The van der Waals surface area contributed by atoms with Gasteiger partial charge in [-0.05, 0) is 82.6 Å². The van der Waals surface area contributed by atoms with Gasteiger partial charge in [0.15, 0.2) is 11.5 Å². The topological polar surface area (TPSA) is 142 Å². The highest BCUT2D eigenvalue weighted by atomic mass is 79.9. The van der Waals surface area contributed by atoms with E-state index in [0.29, 0.717) is 26.3 Å². The lowest BCUT2D eigenvalue weighted by Gasteiger charge is -2.50. The highest BCUT2D eigenvalue weighted by Crippen LogP contribution is 2.65. The number of rotatable bonds is 8. The fourth-order valence-corrected chi connectivity index (χ4v) is 9.35. The van der Waals surface area contributed by atoms with Crippen LogP contribution >= 0.6 is 27.5 Å². The van der Waals surface area contributed by atoms with E-state index >= 15 is 4.79 Å². The van der Waals surface area contributed by atoms with Crippen LogP contribution in [0.25, 0.3) is 0 Å². The Morgan fingerprint density at radius 1 is 1.00 bits per heavy atom. The number of carbonyl (C=O) groups is 5. The third-order valence-electron chi connectivity index (χ3n) is 10.6. The average Bonchev–Trinajstić information content (AvgIpc) is 3.46. The number of likely N-dealkylation sites (tertiary alicyclic amines) is 1. The van der Waals surface area contributed by atoms with Crippen LogP contribution in [0, 0.1) is 23.7 Å². The number of allylic oxidation sites excluding steroid dienone is 2. The number of ether oxygens (including phenoxy) is 1. The molecule has 4 aliphatic rings. The summed E-state index contributed by atoms with van der Waals surface area (Å²) in [6, 6.07) is 19.0. The maximum absolute atomic E-state index is 15.3. The molecule has 0 unspecified atom stereocenters. The van der Waals surface area contributed by atoms with Gasteiger partial charge in [0.25, 0.3) is 0 Å². The van der Waals surface area contributed by atoms with Crippen molar-refractivity contribution in [2.24, 2.45) is 23.7 Å². The number of benzene rings is 3. The number of methoxy groups -OCH3 is 1. The second kappa shape index (κ2) is 12.4. The number of aliphatic carboxylic acids is 1. The van der Waals surface area contributed by atoms with Crippen molar-refractivity contribution < 1.29 is 38.9 Å². The summed E-state index contributed by atoms with van der Waals surface area (Å²) in [6.07, 6.45) is 2.24. The SMILES string of the molecule is COc1cc([C@H]2C3=CC[C@@H]4C(=O)N(CCCC(=O)O)C(=O)[C@@H]4[C@@H]3C[C@H]3C(=O)N(c4cccc(Cl)c4)C(=O)[C@@]23c2ccccc2)cc(Br)c1O. The molecule has 1 saturated carbocycles. The van der Waals surface area contributed by atoms with Crippen LogP contribution in [0.4, 0.5) is 5.69 Å². The quantitative estimate of drug-likeness (QED) is 0.216. The predicted octanol–water partition coefficient (Wildman–Crippen LogP) is 5.84. The molecule has 2 aliphatic heterocycles. The van der Waals surface area contributed by atoms with Gasteiger partial charge in [0.2, 0.25) is 23.6 Å². The Kier molecular flexibility index (Phi) is 8.39. The lowest BCUT2D eigenvalue weighted by Crippen LogP contribution is -2.53. The van der Waals surface area contributed by atoms with Gasteiger partial charge in [-0.3, -0.25) is 28.9 Å². The van der Waals surface area contributed by atoms with Gasteiger partial charge in [-0.2, -0.15) is 0 Å². The van der Waals surface area contributed by atoms with Crippen LogP contribution in [-0.2, 0) is 29.4 Å². The van der Waals surface area contributed by atoms with Crippen LogP contribution in [-0.4, -0.2) is 58.4 Å². The average molecular weight is 748 g/mol. The van der Waals surface area contributed by atoms with Gasteiger partial charge < -0.3 is 14.9 Å². The van der Waals surface area contributed by atoms with Crippen molar-refractivity contribution in [2.45, 2.75) is 37.0 Å². The van der Waals surface area contributed by atoms with E-state index in [-0.39, 0.29) is 49.6 Å². The standard InChI is InChI=1S/C37H32BrClN2O8/c1-49-28-16-19(15-27(38)32(28)44)31-23-12-13-24-30(35(47)40(33(24)45)14-6-11-29(42)43)25(23)18-26-34(46)41(22-10-5-9-21(39)17-22)36(48)37(26,31)20-7-3-2-4-8-20/h2-5,7-10,12,15-17,24-26,30-31,44H,6,11,13-14,18H2,1H3,(H,42,43)/t24-,25+,26-,30-,31-,37+/m0/s1. The van der Waals surface area contributed by atoms with Gasteiger partial charge in [0.05, 0.1) is 40.4 Å². The summed E-state index contributed by atoms with van der Waals surface area (Å²) < 4.78 is 5.86. The van der Waals surface area contributed by atoms with E-state index in [9.17, 15) is 24.3 Å². The van der Waals surface area contributed by atoms with Crippen LogP contribution in [0.5, 0.6) is 11.5 Å². The molecule has 0 radical (unpaired) electrons. The molecule has 2 N–H and O–H groups in total. The van der Waals surface area contributed by atoms with E-state index in [0.717, 1.165) is 5.57 Å². The van der Waals surface area contributed by atoms with Gasteiger partial charge in [-0.25, -0.2) is 4.90 Å². The van der Waals surface area contributed by atoms with Crippen molar-refractivity contribution in [1.29, 1.82) is 0 Å². The molecule has 2 aliphatic carbocycles. The number of hydrogen-bond acceptors (Lipinski definition) is 7. The Balaban J connectivity index is 1.45. The number of fused-ring (bicyclic) bond motifs is 4. The monoisotopic (exact) mass is 746 g/mol. The molecule has 49 heavy (non-hydrogen) atoms. The van der Waals surface area contributed by atoms with E-state index in [1.165, 1.54) is 16.9 Å². The number of anilines is 1. The number of carboxylic acids is 1. The fourth-order valence-electron chi connectivity index (χ4n) is 8.71. The molecular formula is C37H32BrClN2O8. The van der Waals surface area contributed by atoms with Crippen molar-refractivity contribution in [3.8, 4) is 11.5 Å². The van der Waals surface area contributed by atoms with E-state index < -0.39 is 58.7 Å². The summed E-state index contributed by atoms with van der Waals surface area (Å²) >= 11 is 9.82. The number of carbonyl (C=O) groups excluding carboxylic acids is 4. The van der Waals surface area contributed by atoms with Crippen LogP contribution < -0.4 is 9.64 Å². The molecule has 0 aromatic heterocycles. The maximum Gasteiger partial charge on any atom is 0.303 e. The maximum atomic E-state index is 15.3. The van der Waals surface area contributed by atoms with E-state index in [1.807, 2.05) is 36.4 Å². The van der Waals surface area contributed by atoms with Gasteiger partial charge in [-0.1, -0.05) is 59.6 Å². The predicted molar refractivity (Wildman–Crippen MR) is 182 cm³/mol. The number of nitrogens with zero attached hydrogens (tertiary/aromatic N) is 2. The minimum absolute atomic E-state index is 0.0120. The highest BCUT2D eigenvalue weighted by Gasteiger charge is 2.70. The molecule has 3 aromatic carbocycles. The van der Waals surface area contributed by atoms with Gasteiger partial charge in [0.1, 0.15) is 0 Å². The molecule has 3 aromatic rings. The van der Waals surface area contributed by atoms with Crippen molar-refractivity contribution in [3.05, 3.63) is 99.0 Å². The Labute approximate surface area is 295 Å². The zero-order valence-corrected chi connectivity index (χ0v) is 28.7. The molecular weight excluding hydrogens is 716 g/mol. The summed E-state index contributed by atoms with van der Waals surface area (Å²) in [7, 11) is 1.42. The number of phenolic OH excluding ortho intramolecular Hbond substituents is 1. The first-order chi connectivity index (χ1) is 23.5. The van der Waals surface area contributed by atoms with E-state index in [4.69, 9.17) is 21.4 Å². The van der Waals surface area contributed by atoms with Gasteiger partial charge in [-0.15, -0.1) is 0 Å². The van der Waals surface area contributed by atoms with Crippen molar-refractivity contribution in [3.63, 3.8) is 0 Å². The summed E-state index contributed by atoms with van der Waals surface area (Å²) in [5, 5.41) is 20.3. The van der Waals surface area contributed by atoms with Crippen molar-refractivity contribution in [2.75, 3.05) is 18.6 Å². The lowest BCUT2D eigenvalue weighted by molar-refractivity contribution is -0.142. The Bertz CT molecular complexity index is 1950. The highest BCUT2D eigenvalue weighted by molar-refractivity contribution is 9.10. The molecule has 0 bridgehead atoms. The van der Waals surface area contributed by atoms with Gasteiger partial charge in [0, 0.05) is 23.9 Å². The largest absolute Gasteiger partial charge is 0.503 e. The Morgan fingerprint density at radius 3 is 2.45 bits per heavy atom. The minimum atomic E-state index is -1.48. The summed E-state index contributed by atoms with van der Waals surface area (Å²) in [4.78, 5) is 71.4. The third kappa shape index (κ3) is 5.00. The molecule has 2 saturated heterocycles. The molecule has 7 rings (SSSR count). The first-order valence-corrected chi connectivity index (χ1v) is 17.2. The molecule has 252 valence electrons. The van der Waals surface area contributed by atoms with Crippen LogP contribution in [0.1, 0.15) is 42.7 Å². The number of imide groups is 2.